The molecule has 1 aromatic heterocycles. The van der Waals surface area contributed by atoms with Crippen LogP contribution < -0.4 is 10.0 Å². The number of benzene rings is 1. The third-order valence-corrected chi connectivity index (χ3v) is 4.44. The molecule has 0 radical (unpaired) electrons. The molecule has 2 rings (SSSR count). The van der Waals surface area contributed by atoms with Gasteiger partial charge in [0.2, 0.25) is 10.0 Å². The van der Waals surface area contributed by atoms with Crippen molar-refractivity contribution in [1.29, 1.82) is 0 Å². The number of aryl methyl sites for hydroxylation is 1. The van der Waals surface area contributed by atoms with Gasteiger partial charge in [-0.2, -0.15) is 5.10 Å². The molecule has 0 unspecified atom stereocenters. The minimum atomic E-state index is -3.45. The van der Waals surface area contributed by atoms with Crippen LogP contribution in [-0.4, -0.2) is 37.2 Å². The van der Waals surface area contributed by atoms with Crippen LogP contribution in [0.5, 0.6) is 0 Å². The van der Waals surface area contributed by atoms with Gasteiger partial charge in [-0.1, -0.05) is 12.1 Å². The maximum atomic E-state index is 12.1. The van der Waals surface area contributed by atoms with Gasteiger partial charge in [0.15, 0.2) is 0 Å². The topological polar surface area (TPSA) is 99.8 Å². The molecule has 3 N–H and O–H groups in total. The zero-order chi connectivity index (χ0) is 15.1. The Labute approximate surface area is 124 Å². The van der Waals surface area contributed by atoms with Crippen molar-refractivity contribution in [1.82, 2.24) is 25.2 Å². The molecule has 0 atom stereocenters. The minimum absolute atomic E-state index is 0.280. The Morgan fingerprint density at radius 2 is 2.00 bits per heavy atom. The summed E-state index contributed by atoms with van der Waals surface area (Å²) in [7, 11) is -1.60. The Morgan fingerprint density at radius 1 is 1.24 bits per heavy atom. The molecule has 0 aliphatic heterocycles. The highest BCUT2D eigenvalue weighted by Gasteiger charge is 2.12. The van der Waals surface area contributed by atoms with Crippen molar-refractivity contribution < 1.29 is 8.42 Å². The van der Waals surface area contributed by atoms with Crippen LogP contribution in [0.1, 0.15) is 17.8 Å². The smallest absolute Gasteiger partial charge is 0.240 e. The van der Waals surface area contributed by atoms with E-state index in [1.54, 1.807) is 24.3 Å². The van der Waals surface area contributed by atoms with Crippen molar-refractivity contribution >= 4 is 10.0 Å². The second-order valence-electron chi connectivity index (χ2n) is 4.61. The van der Waals surface area contributed by atoms with Gasteiger partial charge in [-0.25, -0.2) is 18.1 Å². The van der Waals surface area contributed by atoms with E-state index in [4.69, 9.17) is 0 Å². The van der Waals surface area contributed by atoms with E-state index in [-0.39, 0.29) is 4.90 Å². The van der Waals surface area contributed by atoms with E-state index in [1.807, 2.05) is 7.05 Å². The van der Waals surface area contributed by atoms with Gasteiger partial charge in [0.05, 0.1) is 4.90 Å². The number of aromatic nitrogens is 3. The highest BCUT2D eigenvalue weighted by molar-refractivity contribution is 7.89. The second-order valence-corrected chi connectivity index (χ2v) is 6.37. The van der Waals surface area contributed by atoms with Crippen LogP contribution in [0, 0.1) is 0 Å². The van der Waals surface area contributed by atoms with Gasteiger partial charge in [0.25, 0.3) is 0 Å². The third kappa shape index (κ3) is 4.62. The van der Waals surface area contributed by atoms with Crippen LogP contribution >= 0.6 is 0 Å². The molecule has 0 bridgehead atoms. The van der Waals surface area contributed by atoms with E-state index in [0.29, 0.717) is 25.9 Å². The molecule has 0 spiro atoms. The first-order chi connectivity index (χ1) is 10.1. The van der Waals surface area contributed by atoms with Gasteiger partial charge >= 0.3 is 0 Å². The number of nitrogens with zero attached hydrogens (tertiary/aromatic N) is 2. The first-order valence-electron chi connectivity index (χ1n) is 6.69. The lowest BCUT2D eigenvalue weighted by Crippen LogP contribution is -2.25. The van der Waals surface area contributed by atoms with Gasteiger partial charge in [-0.05, 0) is 31.2 Å². The van der Waals surface area contributed by atoms with Crippen molar-refractivity contribution in [2.45, 2.75) is 24.3 Å². The third-order valence-electron chi connectivity index (χ3n) is 2.96. The van der Waals surface area contributed by atoms with Crippen molar-refractivity contribution in [3.8, 4) is 0 Å². The molecule has 0 aliphatic rings. The summed E-state index contributed by atoms with van der Waals surface area (Å²) in [4.78, 5) is 4.27. The van der Waals surface area contributed by atoms with E-state index >= 15 is 0 Å². The fourth-order valence-corrected chi connectivity index (χ4v) is 2.96. The fraction of sp³-hybridized carbons (Fsp3) is 0.385. The Kier molecular flexibility index (Phi) is 5.43. The summed E-state index contributed by atoms with van der Waals surface area (Å²) < 4.78 is 26.8. The van der Waals surface area contributed by atoms with E-state index < -0.39 is 10.0 Å². The van der Waals surface area contributed by atoms with E-state index in [2.05, 4.69) is 25.2 Å². The average molecular weight is 309 g/mol. The molecule has 7 nitrogen and oxygen atoms in total. The summed E-state index contributed by atoms with van der Waals surface area (Å²) in [5.74, 6) is 0.755. The molecule has 0 amide bonds. The highest BCUT2D eigenvalue weighted by Crippen LogP contribution is 2.10. The fourth-order valence-electron chi connectivity index (χ4n) is 1.89. The molecule has 2 aromatic rings. The second kappa shape index (κ2) is 7.30. The van der Waals surface area contributed by atoms with Gasteiger partial charge in [0.1, 0.15) is 12.2 Å². The number of nitrogens with one attached hydrogen (secondary N) is 3. The Bertz CT molecular complexity index is 638. The van der Waals surface area contributed by atoms with Crippen LogP contribution in [0.4, 0.5) is 0 Å². The number of sulfonamides is 1. The largest absolute Gasteiger partial charge is 0.316 e. The summed E-state index contributed by atoms with van der Waals surface area (Å²) in [6.45, 7) is 1.08. The van der Waals surface area contributed by atoms with Gasteiger partial charge in [-0.15, -0.1) is 0 Å². The summed E-state index contributed by atoms with van der Waals surface area (Å²) in [6.07, 6.45) is 2.75. The molecule has 1 heterocycles. The minimum Gasteiger partial charge on any atom is -0.316 e. The van der Waals surface area contributed by atoms with Crippen LogP contribution in [0.3, 0.4) is 0 Å². The summed E-state index contributed by atoms with van der Waals surface area (Å²) in [6, 6.07) is 6.84. The molecule has 0 fully saturated rings. The van der Waals surface area contributed by atoms with Crippen molar-refractivity contribution in [2.75, 3.05) is 13.6 Å². The monoisotopic (exact) mass is 309 g/mol. The number of hydrogen-bond donors (Lipinski definition) is 3. The Morgan fingerprint density at radius 3 is 2.62 bits per heavy atom. The first-order valence-corrected chi connectivity index (χ1v) is 8.17. The zero-order valence-electron chi connectivity index (χ0n) is 11.8. The van der Waals surface area contributed by atoms with Crippen LogP contribution in [-0.2, 0) is 23.0 Å². The standard InChI is InChI=1S/C13H19N5O2S/c1-14-9-11-4-6-12(7-5-11)21(19,20)17-8-2-3-13-15-10-16-18-13/h4-7,10,14,17H,2-3,8-9H2,1H3,(H,15,16,18). The van der Waals surface area contributed by atoms with Crippen molar-refractivity contribution in [2.24, 2.45) is 0 Å². The normalized spacial score (nSPS) is 11.7. The molecule has 0 saturated heterocycles. The van der Waals surface area contributed by atoms with Crippen molar-refractivity contribution in [3.05, 3.63) is 42.0 Å². The first kappa shape index (κ1) is 15.6. The number of rotatable bonds is 8. The average Bonchev–Trinajstić information content (AvgIpc) is 2.98. The summed E-state index contributed by atoms with van der Waals surface area (Å²) in [5.41, 5.74) is 1.04. The van der Waals surface area contributed by atoms with E-state index in [0.717, 1.165) is 11.4 Å². The molecule has 21 heavy (non-hydrogen) atoms. The number of H-pyrrole nitrogens is 1. The molecule has 0 saturated carbocycles. The predicted octanol–water partition coefficient (Wildman–Crippen LogP) is 0.435. The molecular weight excluding hydrogens is 290 g/mol. The molecule has 1 aromatic carbocycles. The molecule has 114 valence electrons. The van der Waals surface area contributed by atoms with Gasteiger partial charge in [-0.3, -0.25) is 5.10 Å². The van der Waals surface area contributed by atoms with Crippen molar-refractivity contribution in [3.63, 3.8) is 0 Å². The molecular formula is C13H19N5O2S. The van der Waals surface area contributed by atoms with E-state index in [1.165, 1.54) is 6.33 Å². The van der Waals surface area contributed by atoms with Crippen LogP contribution in [0.2, 0.25) is 0 Å². The summed E-state index contributed by atoms with van der Waals surface area (Å²) in [5, 5.41) is 9.50. The van der Waals surface area contributed by atoms with E-state index in [9.17, 15) is 8.42 Å². The highest BCUT2D eigenvalue weighted by atomic mass is 32.2. The maximum Gasteiger partial charge on any atom is 0.240 e. The van der Waals surface area contributed by atoms with Gasteiger partial charge < -0.3 is 5.32 Å². The zero-order valence-corrected chi connectivity index (χ0v) is 12.7. The predicted molar refractivity (Wildman–Crippen MR) is 79.1 cm³/mol. The maximum absolute atomic E-state index is 12.1. The van der Waals surface area contributed by atoms with Crippen LogP contribution in [0.15, 0.2) is 35.5 Å². The Hall–Kier alpha value is -1.77. The SMILES string of the molecule is CNCc1ccc(S(=O)(=O)NCCCc2ncn[nH]2)cc1. The van der Waals surface area contributed by atoms with Gasteiger partial charge in [0, 0.05) is 19.5 Å². The molecule has 8 heteroatoms. The lowest BCUT2D eigenvalue weighted by Gasteiger charge is -2.07. The number of aromatic amines is 1. The lowest BCUT2D eigenvalue weighted by molar-refractivity contribution is 0.578. The Balaban J connectivity index is 1.85. The molecule has 0 aliphatic carbocycles. The van der Waals surface area contributed by atoms with Crippen LogP contribution in [0.25, 0.3) is 0 Å². The lowest BCUT2D eigenvalue weighted by atomic mass is 10.2. The number of hydrogen-bond acceptors (Lipinski definition) is 5. The summed E-state index contributed by atoms with van der Waals surface area (Å²) >= 11 is 0. The quantitative estimate of drug-likeness (QED) is 0.614.